The van der Waals surface area contributed by atoms with Crippen molar-refractivity contribution in [3.8, 4) is 0 Å². The average Bonchev–Trinajstić information content (AvgIpc) is 3.99. The molecule has 2 aliphatic heterocycles. The zero-order valence-corrected chi connectivity index (χ0v) is 46.7. The molecule has 0 radical (unpaired) electrons. The molecular formula is C55H72ClFN6O8S3. The Bertz CT molecular complexity index is 2780. The molecule has 74 heavy (non-hydrogen) atoms. The number of hydrogen-bond donors (Lipinski definition) is 4. The number of likely N-dealkylation sites (tertiary alicyclic amines) is 1. The Balaban J connectivity index is 0.000000242. The maximum Gasteiger partial charge on any atom is 0.410 e. The normalized spacial score (nSPS) is 17.3. The fourth-order valence-electron chi connectivity index (χ4n) is 9.27. The van der Waals surface area contributed by atoms with Crippen LogP contribution in [0, 0.1) is 17.7 Å². The van der Waals surface area contributed by atoms with Gasteiger partial charge in [-0.05, 0) is 144 Å². The number of ether oxygens (including phenoxy) is 1. The predicted molar refractivity (Wildman–Crippen MR) is 294 cm³/mol. The van der Waals surface area contributed by atoms with E-state index in [4.69, 9.17) is 16.3 Å². The molecule has 2 aromatic heterocycles. The van der Waals surface area contributed by atoms with Gasteiger partial charge in [0.05, 0.1) is 14.8 Å². The molecule has 4 N–H and O–H groups in total. The van der Waals surface area contributed by atoms with Gasteiger partial charge in [0, 0.05) is 47.7 Å². The van der Waals surface area contributed by atoms with Gasteiger partial charge in [-0.25, -0.2) is 17.6 Å². The number of thiophene rings is 2. The zero-order valence-electron chi connectivity index (χ0n) is 43.5. The third kappa shape index (κ3) is 16.4. The molecule has 2 saturated heterocycles. The average molecular weight is 1100 g/mol. The summed E-state index contributed by atoms with van der Waals surface area (Å²) < 4.78 is 49.3. The number of rotatable bonds is 18. The Kier molecular flexibility index (Phi) is 20.9. The van der Waals surface area contributed by atoms with Crippen molar-refractivity contribution in [3.05, 3.63) is 99.5 Å². The highest BCUT2D eigenvalue weighted by Crippen LogP contribution is 2.32. The number of halogens is 2. The van der Waals surface area contributed by atoms with Gasteiger partial charge in [0.2, 0.25) is 21.8 Å². The molecule has 0 aliphatic carbocycles. The smallest absolute Gasteiger partial charge is 0.410 e. The summed E-state index contributed by atoms with van der Waals surface area (Å²) in [6, 6.07) is 20.9. The molecule has 2 unspecified atom stereocenters. The molecule has 14 nitrogen and oxygen atoms in total. The minimum atomic E-state index is -3.93. The van der Waals surface area contributed by atoms with Crippen molar-refractivity contribution in [3.63, 3.8) is 0 Å². The summed E-state index contributed by atoms with van der Waals surface area (Å²) in [4.78, 5) is 67.5. The van der Waals surface area contributed by atoms with Crippen LogP contribution in [-0.2, 0) is 24.3 Å². The van der Waals surface area contributed by atoms with Crippen LogP contribution >= 0.6 is 34.3 Å². The van der Waals surface area contributed by atoms with Gasteiger partial charge in [0.1, 0.15) is 28.4 Å². The lowest BCUT2D eigenvalue weighted by Gasteiger charge is -2.37. The van der Waals surface area contributed by atoms with E-state index < -0.39 is 33.5 Å². The molecule has 5 aromatic rings. The first-order valence-electron chi connectivity index (χ1n) is 25.7. The minimum Gasteiger partial charge on any atom is -0.444 e. The molecule has 0 saturated carbocycles. The van der Waals surface area contributed by atoms with E-state index >= 15 is 0 Å². The van der Waals surface area contributed by atoms with Crippen LogP contribution in [0.2, 0.25) is 5.02 Å². The lowest BCUT2D eigenvalue weighted by molar-refractivity contribution is -0.124. The Morgan fingerprint density at radius 3 is 1.68 bits per heavy atom. The van der Waals surface area contributed by atoms with E-state index in [1.54, 1.807) is 4.90 Å². The zero-order chi connectivity index (χ0) is 53.7. The molecule has 3 aromatic carbocycles. The van der Waals surface area contributed by atoms with Crippen molar-refractivity contribution < 1.29 is 41.5 Å². The summed E-state index contributed by atoms with van der Waals surface area (Å²) in [7, 11) is -3.93. The summed E-state index contributed by atoms with van der Waals surface area (Å²) >= 11 is 8.88. The Labute approximate surface area is 448 Å². The monoisotopic (exact) mass is 1090 g/mol. The molecule has 402 valence electrons. The second-order valence-corrected chi connectivity index (χ2v) is 25.4. The number of sulfonamides is 1. The second kappa shape index (κ2) is 26.6. The first kappa shape index (κ1) is 58.1. The molecule has 0 spiro atoms. The molecule has 2 aliphatic rings. The standard InChI is InChI=1S/C28H33ClFN3O4S2.C27H39N3O4S/c1-18(2)15-23(32-28(35)25-16-19-7-3-4-9-24(19)38-25)27(34)31-13-12-21-8-5-6-14-33(21)39(36,37)26-11-10-20(30)17-22(26)29;1-18(2)16-21(29-25(32)23-17-19-10-6-7-12-22(19)35-23)24(31)28-14-13-20-11-8-9-15-30(20)26(33)34-27(3,4)5/h3-4,7,9-11,16-18,21,23H,5-6,8,12-15H2,1-2H3,(H,31,34)(H,32,35);6-7,10,12,17-18,20-21H,8-9,11,13-16H2,1-5H3,(H,28,31)(H,29,32)/t21?,23-;20?,21-/m00/s1. The van der Waals surface area contributed by atoms with Crippen LogP contribution < -0.4 is 21.3 Å². The summed E-state index contributed by atoms with van der Waals surface area (Å²) in [5, 5.41) is 13.6. The van der Waals surface area contributed by atoms with E-state index in [2.05, 4.69) is 21.3 Å². The number of nitrogens with one attached hydrogen (secondary N) is 4. The summed E-state index contributed by atoms with van der Waals surface area (Å²) in [5.74, 6) is -1.20. The lowest BCUT2D eigenvalue weighted by Crippen LogP contribution is -2.49. The SMILES string of the molecule is CC(C)C[C@H](NC(=O)c1cc2ccccc2s1)C(=O)NCCC1CCCCN1C(=O)OC(C)(C)C.CC(C)C[C@H](NC(=O)c1cc2ccccc2s1)C(=O)NCCC1CCCCN1S(=O)(=O)c1ccc(F)cc1Cl. The lowest BCUT2D eigenvalue weighted by atomic mass is 9.99. The van der Waals surface area contributed by atoms with Crippen LogP contribution in [0.25, 0.3) is 20.2 Å². The maximum absolute atomic E-state index is 13.5. The van der Waals surface area contributed by atoms with Gasteiger partial charge in [-0.15, -0.1) is 22.7 Å². The number of carbonyl (C=O) groups is 5. The van der Waals surface area contributed by atoms with Crippen LogP contribution in [0.3, 0.4) is 0 Å². The van der Waals surface area contributed by atoms with Crippen LogP contribution in [0.15, 0.2) is 83.8 Å². The van der Waals surface area contributed by atoms with Gasteiger partial charge in [0.15, 0.2) is 0 Å². The first-order chi connectivity index (χ1) is 35.1. The summed E-state index contributed by atoms with van der Waals surface area (Å²) in [5.41, 5.74) is -0.538. The highest BCUT2D eigenvalue weighted by atomic mass is 35.5. The van der Waals surface area contributed by atoms with Crippen molar-refractivity contribution in [1.82, 2.24) is 30.5 Å². The van der Waals surface area contributed by atoms with Crippen molar-refractivity contribution in [2.45, 2.75) is 147 Å². The van der Waals surface area contributed by atoms with Crippen LogP contribution in [0.5, 0.6) is 0 Å². The molecule has 2 fully saturated rings. The summed E-state index contributed by atoms with van der Waals surface area (Å²) in [6.07, 6.45) is 6.92. The van der Waals surface area contributed by atoms with Gasteiger partial charge in [-0.1, -0.05) is 82.1 Å². The molecule has 0 bridgehead atoms. The van der Waals surface area contributed by atoms with Crippen molar-refractivity contribution >= 4 is 94.2 Å². The van der Waals surface area contributed by atoms with Gasteiger partial charge >= 0.3 is 6.09 Å². The van der Waals surface area contributed by atoms with Crippen LogP contribution in [0.1, 0.15) is 132 Å². The van der Waals surface area contributed by atoms with Crippen molar-refractivity contribution in [1.29, 1.82) is 0 Å². The third-order valence-corrected chi connectivity index (χ3v) is 17.5. The molecular weight excluding hydrogens is 1020 g/mol. The fourth-order valence-corrected chi connectivity index (χ4v) is 13.4. The van der Waals surface area contributed by atoms with E-state index in [1.807, 2.05) is 109 Å². The number of carbonyl (C=O) groups excluding carboxylic acids is 5. The van der Waals surface area contributed by atoms with Crippen LogP contribution in [-0.4, -0.2) is 103 Å². The summed E-state index contributed by atoms with van der Waals surface area (Å²) in [6.45, 7) is 15.3. The van der Waals surface area contributed by atoms with Gasteiger partial charge < -0.3 is 30.9 Å². The number of benzene rings is 3. The molecule has 7 rings (SSSR count). The highest BCUT2D eigenvalue weighted by Gasteiger charge is 2.36. The largest absolute Gasteiger partial charge is 0.444 e. The maximum atomic E-state index is 13.5. The van der Waals surface area contributed by atoms with E-state index in [1.165, 1.54) is 33.0 Å². The van der Waals surface area contributed by atoms with E-state index in [-0.39, 0.29) is 70.1 Å². The Morgan fingerprint density at radius 2 is 1.19 bits per heavy atom. The molecule has 4 atom stereocenters. The Morgan fingerprint density at radius 1 is 0.703 bits per heavy atom. The second-order valence-electron chi connectivity index (χ2n) is 20.9. The molecule has 5 amide bonds. The number of piperidine rings is 2. The topological polar surface area (TPSA) is 183 Å². The van der Waals surface area contributed by atoms with Gasteiger partial charge in [-0.2, -0.15) is 4.31 Å². The predicted octanol–water partition coefficient (Wildman–Crippen LogP) is 10.9. The minimum absolute atomic E-state index is 0.0376. The van der Waals surface area contributed by atoms with Gasteiger partial charge in [-0.3, -0.25) is 19.2 Å². The first-order valence-corrected chi connectivity index (χ1v) is 29.2. The number of fused-ring (bicyclic) bond motifs is 2. The fraction of sp³-hybridized carbons (Fsp3) is 0.509. The quantitative estimate of drug-likeness (QED) is 0.0668. The van der Waals surface area contributed by atoms with E-state index in [9.17, 15) is 36.8 Å². The van der Waals surface area contributed by atoms with Crippen molar-refractivity contribution in [2.24, 2.45) is 11.8 Å². The van der Waals surface area contributed by atoms with Crippen LogP contribution in [0.4, 0.5) is 9.18 Å². The number of nitrogens with zero attached hydrogens (tertiary/aromatic N) is 2. The number of hydrogen-bond acceptors (Lipinski definition) is 10. The van der Waals surface area contributed by atoms with Crippen molar-refractivity contribution in [2.75, 3.05) is 26.2 Å². The van der Waals surface area contributed by atoms with E-state index in [0.717, 1.165) is 58.0 Å². The Hall–Kier alpha value is -5.14. The molecule has 4 heterocycles. The highest BCUT2D eigenvalue weighted by molar-refractivity contribution is 7.89. The number of amides is 5. The molecule has 19 heteroatoms. The van der Waals surface area contributed by atoms with Gasteiger partial charge in [0.25, 0.3) is 11.8 Å². The van der Waals surface area contributed by atoms with E-state index in [0.29, 0.717) is 67.9 Å². The third-order valence-electron chi connectivity index (χ3n) is 12.8.